The number of rotatable bonds is 3. The van der Waals surface area contributed by atoms with E-state index in [1.807, 2.05) is 24.3 Å². The maximum atomic E-state index is 13.7. The molecule has 92 valence electrons. The van der Waals surface area contributed by atoms with Gasteiger partial charge in [-0.05, 0) is 52.4 Å². The van der Waals surface area contributed by atoms with E-state index in [1.54, 1.807) is 6.07 Å². The van der Waals surface area contributed by atoms with Gasteiger partial charge in [-0.1, -0.05) is 29.8 Å². The van der Waals surface area contributed by atoms with E-state index in [1.165, 1.54) is 12.1 Å². The number of carbonyl (C=O) groups is 1. The Morgan fingerprint density at radius 2 is 1.83 bits per heavy atom. The first kappa shape index (κ1) is 13.5. The quantitative estimate of drug-likeness (QED) is 0.571. The molecule has 0 heterocycles. The van der Waals surface area contributed by atoms with Crippen molar-refractivity contribution < 1.29 is 9.18 Å². The van der Waals surface area contributed by atoms with Gasteiger partial charge in [-0.15, -0.1) is 0 Å². The Labute approximate surface area is 123 Å². The summed E-state index contributed by atoms with van der Waals surface area (Å²) in [4.78, 5) is 12.0. The molecule has 0 spiro atoms. The highest BCUT2D eigenvalue weighted by molar-refractivity contribution is 14.1. The normalized spacial score (nSPS) is 10.4. The van der Waals surface area contributed by atoms with Crippen LogP contribution in [0.15, 0.2) is 42.5 Å². The SMILES string of the molecule is O=C(Cc1ccc(I)cc1)c1cccc(Cl)c1F. The molecule has 0 aliphatic carbocycles. The van der Waals surface area contributed by atoms with Crippen molar-refractivity contribution in [2.75, 3.05) is 0 Å². The van der Waals surface area contributed by atoms with E-state index in [9.17, 15) is 9.18 Å². The molecule has 0 fully saturated rings. The van der Waals surface area contributed by atoms with Crippen LogP contribution >= 0.6 is 34.2 Å². The minimum absolute atomic E-state index is 0.0246. The van der Waals surface area contributed by atoms with Gasteiger partial charge in [-0.2, -0.15) is 0 Å². The molecule has 18 heavy (non-hydrogen) atoms. The lowest BCUT2D eigenvalue weighted by Gasteiger charge is -2.04. The number of carbonyl (C=O) groups excluding carboxylic acids is 1. The van der Waals surface area contributed by atoms with Crippen LogP contribution in [-0.4, -0.2) is 5.78 Å². The predicted molar refractivity (Wildman–Crippen MR) is 78.6 cm³/mol. The Morgan fingerprint density at radius 1 is 1.17 bits per heavy atom. The van der Waals surface area contributed by atoms with Gasteiger partial charge >= 0.3 is 0 Å². The third-order valence-corrected chi connectivity index (χ3v) is 3.54. The first-order valence-corrected chi connectivity index (χ1v) is 6.75. The Kier molecular flexibility index (Phi) is 4.35. The molecule has 0 N–H and O–H groups in total. The fraction of sp³-hybridized carbons (Fsp3) is 0.0714. The number of halogens is 3. The molecule has 0 aliphatic heterocycles. The molecule has 0 aliphatic rings. The van der Waals surface area contributed by atoms with Gasteiger partial charge in [0.15, 0.2) is 11.6 Å². The standard InChI is InChI=1S/C14H9ClFIO/c15-12-3-1-2-11(14(12)16)13(18)8-9-4-6-10(17)7-5-9/h1-7H,8H2. The molecule has 0 amide bonds. The highest BCUT2D eigenvalue weighted by Gasteiger charge is 2.14. The average molecular weight is 375 g/mol. The van der Waals surface area contributed by atoms with Gasteiger partial charge in [-0.3, -0.25) is 4.79 Å². The Bertz CT molecular complexity index is 581. The van der Waals surface area contributed by atoms with E-state index < -0.39 is 5.82 Å². The van der Waals surface area contributed by atoms with E-state index in [4.69, 9.17) is 11.6 Å². The largest absolute Gasteiger partial charge is 0.294 e. The van der Waals surface area contributed by atoms with Gasteiger partial charge in [0.2, 0.25) is 0 Å². The van der Waals surface area contributed by atoms with Gasteiger partial charge in [0.25, 0.3) is 0 Å². The molecular formula is C14H9ClFIO. The first-order chi connectivity index (χ1) is 8.58. The lowest BCUT2D eigenvalue weighted by Crippen LogP contribution is -2.06. The third kappa shape index (κ3) is 3.09. The summed E-state index contributed by atoms with van der Waals surface area (Å²) in [5.74, 6) is -0.911. The summed E-state index contributed by atoms with van der Waals surface area (Å²) < 4.78 is 14.8. The molecule has 0 saturated carbocycles. The molecular weight excluding hydrogens is 366 g/mol. The number of hydrogen-bond donors (Lipinski definition) is 0. The van der Waals surface area contributed by atoms with E-state index >= 15 is 0 Å². The smallest absolute Gasteiger partial charge is 0.170 e. The van der Waals surface area contributed by atoms with Crippen molar-refractivity contribution in [3.63, 3.8) is 0 Å². The van der Waals surface area contributed by atoms with Crippen LogP contribution in [-0.2, 0) is 6.42 Å². The summed E-state index contributed by atoms with van der Waals surface area (Å²) in [7, 11) is 0. The molecule has 2 aromatic rings. The van der Waals surface area contributed by atoms with E-state index in [0.717, 1.165) is 9.13 Å². The minimum atomic E-state index is -0.644. The maximum absolute atomic E-state index is 13.7. The van der Waals surface area contributed by atoms with Crippen molar-refractivity contribution >= 4 is 40.0 Å². The lowest BCUT2D eigenvalue weighted by molar-refractivity contribution is 0.0989. The molecule has 0 unspecified atom stereocenters. The van der Waals surface area contributed by atoms with E-state index in [-0.39, 0.29) is 22.8 Å². The summed E-state index contributed by atoms with van der Waals surface area (Å²) in [6.45, 7) is 0. The van der Waals surface area contributed by atoms with E-state index in [0.29, 0.717) is 0 Å². The molecule has 0 saturated heterocycles. The molecule has 0 aromatic heterocycles. The van der Waals surface area contributed by atoms with Crippen molar-refractivity contribution in [2.24, 2.45) is 0 Å². The molecule has 1 nitrogen and oxygen atoms in total. The van der Waals surface area contributed by atoms with Crippen LogP contribution in [0.25, 0.3) is 0 Å². The zero-order valence-corrected chi connectivity index (χ0v) is 12.2. The topological polar surface area (TPSA) is 17.1 Å². The number of hydrogen-bond acceptors (Lipinski definition) is 1. The van der Waals surface area contributed by atoms with Crippen molar-refractivity contribution in [2.45, 2.75) is 6.42 Å². The number of ketones is 1. The molecule has 2 aromatic carbocycles. The van der Waals surface area contributed by atoms with Crippen LogP contribution in [0.3, 0.4) is 0 Å². The zero-order valence-electron chi connectivity index (χ0n) is 9.29. The van der Waals surface area contributed by atoms with Crippen LogP contribution in [0, 0.1) is 9.39 Å². The van der Waals surface area contributed by atoms with Gasteiger partial charge < -0.3 is 0 Å². The number of benzene rings is 2. The van der Waals surface area contributed by atoms with Gasteiger partial charge in [0, 0.05) is 9.99 Å². The first-order valence-electron chi connectivity index (χ1n) is 5.29. The molecule has 0 atom stereocenters. The lowest BCUT2D eigenvalue weighted by atomic mass is 10.0. The minimum Gasteiger partial charge on any atom is -0.294 e. The molecule has 4 heteroatoms. The van der Waals surface area contributed by atoms with Crippen molar-refractivity contribution in [1.82, 2.24) is 0 Å². The summed E-state index contributed by atoms with van der Waals surface area (Å²) in [6, 6.07) is 12.0. The fourth-order valence-corrected chi connectivity index (χ4v) is 2.14. The van der Waals surface area contributed by atoms with Crippen LogP contribution < -0.4 is 0 Å². The highest BCUT2D eigenvalue weighted by Crippen LogP contribution is 2.19. The number of Topliss-reactive ketones (excluding diaryl/α,β-unsaturated/α-hetero) is 1. The molecule has 0 bridgehead atoms. The maximum Gasteiger partial charge on any atom is 0.170 e. The van der Waals surface area contributed by atoms with Gasteiger partial charge in [0.05, 0.1) is 10.6 Å². The highest BCUT2D eigenvalue weighted by atomic mass is 127. The Hall–Kier alpha value is -0.940. The third-order valence-electron chi connectivity index (χ3n) is 2.53. The second-order valence-corrected chi connectivity index (χ2v) is 5.48. The van der Waals surface area contributed by atoms with Crippen molar-refractivity contribution in [3.05, 3.63) is 68.0 Å². The van der Waals surface area contributed by atoms with Gasteiger partial charge in [-0.25, -0.2) is 4.39 Å². The van der Waals surface area contributed by atoms with Crippen LogP contribution in [0.1, 0.15) is 15.9 Å². The van der Waals surface area contributed by atoms with Gasteiger partial charge in [0.1, 0.15) is 0 Å². The molecule has 2 rings (SSSR count). The summed E-state index contributed by atoms with van der Waals surface area (Å²) in [6.07, 6.45) is 0.175. The predicted octanol–water partition coefficient (Wildman–Crippen LogP) is 4.51. The monoisotopic (exact) mass is 374 g/mol. The molecule has 0 radical (unpaired) electrons. The summed E-state index contributed by atoms with van der Waals surface area (Å²) >= 11 is 7.84. The van der Waals surface area contributed by atoms with Crippen LogP contribution in [0.5, 0.6) is 0 Å². The summed E-state index contributed by atoms with van der Waals surface area (Å²) in [5.41, 5.74) is 0.904. The van der Waals surface area contributed by atoms with E-state index in [2.05, 4.69) is 22.6 Å². The summed E-state index contributed by atoms with van der Waals surface area (Å²) in [5, 5.41) is -0.0246. The zero-order chi connectivity index (χ0) is 13.1. The second-order valence-electron chi connectivity index (χ2n) is 3.83. The Morgan fingerprint density at radius 3 is 2.50 bits per heavy atom. The fourth-order valence-electron chi connectivity index (χ4n) is 1.60. The van der Waals surface area contributed by atoms with Crippen LogP contribution in [0.4, 0.5) is 4.39 Å². The Balaban J connectivity index is 2.22. The second kappa shape index (κ2) is 5.80. The van der Waals surface area contributed by atoms with Crippen LogP contribution in [0.2, 0.25) is 5.02 Å². The van der Waals surface area contributed by atoms with Crippen molar-refractivity contribution in [1.29, 1.82) is 0 Å². The van der Waals surface area contributed by atoms with Crippen molar-refractivity contribution in [3.8, 4) is 0 Å². The average Bonchev–Trinajstić information content (AvgIpc) is 2.35.